The number of amides is 1. The molecule has 9 heavy (non-hydrogen) atoms. The quantitative estimate of drug-likeness (QED) is 0.437. The maximum atomic E-state index is 11.8. The lowest BCUT2D eigenvalue weighted by Gasteiger charge is -1.89. The molecule has 0 aliphatic heterocycles. The molecule has 50 valence electrons. The van der Waals surface area contributed by atoms with E-state index < -0.39 is 11.7 Å². The molecule has 1 amide bonds. The van der Waals surface area contributed by atoms with E-state index in [4.69, 9.17) is 5.73 Å². The van der Waals surface area contributed by atoms with Gasteiger partial charge in [0.25, 0.3) is 0 Å². The number of halogens is 1. The zero-order valence-electron chi connectivity index (χ0n) is 5.15. The van der Waals surface area contributed by atoms with Gasteiger partial charge in [-0.2, -0.15) is 0 Å². The van der Waals surface area contributed by atoms with E-state index in [2.05, 4.69) is 6.58 Å². The molecule has 0 aromatic rings. The zero-order chi connectivity index (χ0) is 7.44. The normalized spacial score (nSPS) is 11.1. The van der Waals surface area contributed by atoms with Crippen LogP contribution in [-0.4, -0.2) is 5.91 Å². The first kappa shape index (κ1) is 7.88. The monoisotopic (exact) mass is 129 g/mol. The predicted molar refractivity (Wildman–Crippen MR) is 33.2 cm³/mol. The molecule has 0 radical (unpaired) electrons. The summed E-state index contributed by atoms with van der Waals surface area (Å²) in [5.74, 6) is -1.29. The van der Waals surface area contributed by atoms with Crippen LogP contribution in [0.25, 0.3) is 0 Å². The molecule has 0 heterocycles. The summed E-state index contributed by atoms with van der Waals surface area (Å²) in [7, 11) is 0. The largest absolute Gasteiger partial charge is 0.366 e. The maximum absolute atomic E-state index is 11.8. The van der Waals surface area contributed by atoms with Crippen LogP contribution in [-0.2, 0) is 4.79 Å². The van der Waals surface area contributed by atoms with Crippen molar-refractivity contribution in [1.29, 1.82) is 0 Å². The summed E-state index contributed by atoms with van der Waals surface area (Å²) in [4.78, 5) is 10.2. The van der Waals surface area contributed by atoms with Gasteiger partial charge in [-0.3, -0.25) is 4.79 Å². The van der Waals surface area contributed by atoms with E-state index in [0.717, 1.165) is 6.08 Å². The van der Waals surface area contributed by atoms with Gasteiger partial charge >= 0.3 is 0 Å². The Hall–Kier alpha value is -1.12. The number of rotatable bonds is 2. The molecule has 0 saturated heterocycles. The Morgan fingerprint density at radius 2 is 2.22 bits per heavy atom. The summed E-state index contributed by atoms with van der Waals surface area (Å²) in [6.07, 6.45) is 0.988. The standard InChI is InChI=1S/C6H8FNO/c1-4(6(8)9)3-5(2)7/h3H,2H2,1H3,(H2,8,9)/b4-3+. The van der Waals surface area contributed by atoms with Crippen molar-refractivity contribution in [3.05, 3.63) is 24.1 Å². The van der Waals surface area contributed by atoms with E-state index in [1.807, 2.05) is 0 Å². The van der Waals surface area contributed by atoms with Gasteiger partial charge in [-0.15, -0.1) is 0 Å². The van der Waals surface area contributed by atoms with Crippen LogP contribution in [0.1, 0.15) is 6.92 Å². The average Bonchev–Trinajstić information content (AvgIpc) is 1.63. The molecule has 2 N–H and O–H groups in total. The Morgan fingerprint density at radius 3 is 2.33 bits per heavy atom. The van der Waals surface area contributed by atoms with Crippen molar-refractivity contribution >= 4 is 5.91 Å². The third kappa shape index (κ3) is 3.46. The number of hydrogen-bond acceptors (Lipinski definition) is 1. The van der Waals surface area contributed by atoms with Gasteiger partial charge in [0.1, 0.15) is 5.83 Å². The van der Waals surface area contributed by atoms with Gasteiger partial charge in [0, 0.05) is 5.57 Å². The third-order valence-electron chi connectivity index (χ3n) is 0.762. The second-order valence-corrected chi connectivity index (χ2v) is 1.64. The first-order valence-electron chi connectivity index (χ1n) is 2.36. The van der Waals surface area contributed by atoms with Crippen molar-refractivity contribution in [3.63, 3.8) is 0 Å². The van der Waals surface area contributed by atoms with Crippen LogP contribution in [0.3, 0.4) is 0 Å². The minimum Gasteiger partial charge on any atom is -0.366 e. The molecule has 0 bridgehead atoms. The second-order valence-electron chi connectivity index (χ2n) is 1.64. The average molecular weight is 129 g/mol. The molecule has 0 aliphatic rings. The van der Waals surface area contributed by atoms with E-state index in [0.29, 0.717) is 0 Å². The smallest absolute Gasteiger partial charge is 0.244 e. The van der Waals surface area contributed by atoms with Gasteiger partial charge in [0.2, 0.25) is 5.91 Å². The van der Waals surface area contributed by atoms with Crippen molar-refractivity contribution in [2.45, 2.75) is 6.92 Å². The van der Waals surface area contributed by atoms with Crippen molar-refractivity contribution < 1.29 is 9.18 Å². The first-order chi connectivity index (χ1) is 4.04. The minimum absolute atomic E-state index is 0.169. The molecular formula is C6H8FNO. The molecule has 3 heteroatoms. The van der Waals surface area contributed by atoms with Gasteiger partial charge < -0.3 is 5.73 Å². The highest BCUT2D eigenvalue weighted by Crippen LogP contribution is 1.98. The van der Waals surface area contributed by atoms with Gasteiger partial charge in [-0.25, -0.2) is 4.39 Å². The van der Waals surface area contributed by atoms with E-state index in [1.165, 1.54) is 6.92 Å². The van der Waals surface area contributed by atoms with Crippen molar-refractivity contribution in [2.24, 2.45) is 5.73 Å². The lowest BCUT2D eigenvalue weighted by Crippen LogP contribution is -2.11. The van der Waals surface area contributed by atoms with Gasteiger partial charge in [0.05, 0.1) is 0 Å². The number of nitrogens with two attached hydrogens (primary N) is 1. The van der Waals surface area contributed by atoms with Crippen LogP contribution in [0.5, 0.6) is 0 Å². The van der Waals surface area contributed by atoms with E-state index in [-0.39, 0.29) is 5.57 Å². The van der Waals surface area contributed by atoms with Gasteiger partial charge in [-0.1, -0.05) is 6.58 Å². The zero-order valence-corrected chi connectivity index (χ0v) is 5.15. The third-order valence-corrected chi connectivity index (χ3v) is 0.762. The molecule has 0 aliphatic carbocycles. The lowest BCUT2D eigenvalue weighted by atomic mass is 10.2. The van der Waals surface area contributed by atoms with Crippen LogP contribution in [0, 0.1) is 0 Å². The fourth-order valence-corrected chi connectivity index (χ4v) is 0.306. The summed E-state index contributed by atoms with van der Waals surface area (Å²) in [5.41, 5.74) is 4.94. The highest BCUT2D eigenvalue weighted by atomic mass is 19.1. The Balaban J connectivity index is 4.17. The number of primary amides is 1. The molecule has 0 spiro atoms. The molecule has 0 aromatic heterocycles. The highest BCUT2D eigenvalue weighted by molar-refractivity contribution is 5.91. The van der Waals surface area contributed by atoms with E-state index in [1.54, 1.807) is 0 Å². The Bertz CT molecular complexity index is 172. The summed E-state index contributed by atoms with van der Waals surface area (Å²) in [5, 5.41) is 0. The predicted octanol–water partition coefficient (Wildman–Crippen LogP) is 0.901. The fourth-order valence-electron chi connectivity index (χ4n) is 0.306. The number of carbonyl (C=O) groups excluding carboxylic acids is 1. The van der Waals surface area contributed by atoms with Crippen LogP contribution in [0.4, 0.5) is 4.39 Å². The summed E-state index contributed by atoms with van der Waals surface area (Å²) >= 11 is 0. The van der Waals surface area contributed by atoms with Crippen molar-refractivity contribution in [2.75, 3.05) is 0 Å². The van der Waals surface area contributed by atoms with Gasteiger partial charge in [-0.05, 0) is 13.0 Å². The molecule has 0 saturated carbocycles. The van der Waals surface area contributed by atoms with Crippen LogP contribution in [0.2, 0.25) is 0 Å². The summed E-state index contributed by atoms with van der Waals surface area (Å²) < 4.78 is 11.8. The molecule has 0 unspecified atom stereocenters. The maximum Gasteiger partial charge on any atom is 0.244 e. The molecular weight excluding hydrogens is 121 g/mol. The molecule has 0 rings (SSSR count). The summed E-state index contributed by atoms with van der Waals surface area (Å²) in [6, 6.07) is 0. The lowest BCUT2D eigenvalue weighted by molar-refractivity contribution is -0.114. The Kier molecular flexibility index (Phi) is 2.64. The second kappa shape index (κ2) is 3.02. The summed E-state index contributed by atoms with van der Waals surface area (Å²) in [6.45, 7) is 4.35. The molecule has 2 nitrogen and oxygen atoms in total. The van der Waals surface area contributed by atoms with Crippen molar-refractivity contribution in [3.8, 4) is 0 Å². The van der Waals surface area contributed by atoms with Crippen LogP contribution < -0.4 is 5.73 Å². The van der Waals surface area contributed by atoms with Crippen LogP contribution in [0.15, 0.2) is 24.1 Å². The highest BCUT2D eigenvalue weighted by Gasteiger charge is 1.95. The Labute approximate surface area is 52.9 Å². The first-order valence-corrected chi connectivity index (χ1v) is 2.36. The number of carbonyl (C=O) groups is 1. The number of allylic oxidation sites excluding steroid dienone is 2. The number of hydrogen-bond donors (Lipinski definition) is 1. The van der Waals surface area contributed by atoms with Crippen molar-refractivity contribution in [1.82, 2.24) is 0 Å². The van der Waals surface area contributed by atoms with Crippen LogP contribution >= 0.6 is 0 Å². The minimum atomic E-state index is -0.661. The molecule has 0 atom stereocenters. The van der Waals surface area contributed by atoms with E-state index >= 15 is 0 Å². The topological polar surface area (TPSA) is 43.1 Å². The van der Waals surface area contributed by atoms with E-state index in [9.17, 15) is 9.18 Å². The SMILES string of the molecule is C=C(F)/C=C(\C)C(N)=O. The fraction of sp³-hybridized carbons (Fsp3) is 0.167. The molecule has 0 fully saturated rings. The van der Waals surface area contributed by atoms with Gasteiger partial charge in [0.15, 0.2) is 0 Å². The Morgan fingerprint density at radius 1 is 1.78 bits per heavy atom. The molecule has 0 aromatic carbocycles.